The Kier molecular flexibility index (Phi) is 9.98. The minimum atomic E-state index is -2.51. The third kappa shape index (κ3) is 5.32. The van der Waals surface area contributed by atoms with Gasteiger partial charge in [0.2, 0.25) is 0 Å². The Balaban J connectivity index is 0. The quantitative estimate of drug-likeness (QED) is 0.797. The van der Waals surface area contributed by atoms with Crippen LogP contribution in [0.25, 0.3) is 0 Å². The summed E-state index contributed by atoms with van der Waals surface area (Å²) < 4.78 is 15.9. The molecular weight excluding hydrogens is 234 g/mol. The topological polar surface area (TPSA) is 39.7 Å². The van der Waals surface area contributed by atoms with Gasteiger partial charge in [-0.05, 0) is 12.1 Å². The fraction of sp³-hybridized carbons (Fsp3) is 0.500. The molecule has 0 aliphatic carbocycles. The van der Waals surface area contributed by atoms with Crippen molar-refractivity contribution < 1.29 is 13.3 Å². The van der Waals surface area contributed by atoms with Crippen molar-refractivity contribution in [2.75, 3.05) is 32.8 Å². The Morgan fingerprint density at radius 1 is 0.941 bits per heavy atom. The molecule has 0 spiro atoms. The smallest absolute Gasteiger partial charge is 0.381 e. The van der Waals surface area contributed by atoms with Gasteiger partial charge in [0.05, 0.1) is 6.17 Å². The van der Waals surface area contributed by atoms with Crippen molar-refractivity contribution in [1.29, 1.82) is 0 Å². The molecule has 100 valence electrons. The van der Waals surface area contributed by atoms with Crippen LogP contribution in [0, 0.1) is 0 Å². The van der Waals surface area contributed by atoms with Crippen molar-refractivity contribution in [1.82, 2.24) is 0 Å². The van der Waals surface area contributed by atoms with Crippen LogP contribution in [0.1, 0.15) is 14.9 Å². The Bertz CT molecular complexity index is 270. The van der Waals surface area contributed by atoms with E-state index < -0.39 is 8.80 Å². The summed E-state index contributed by atoms with van der Waals surface area (Å²) in [5.74, 6) is 0. The monoisotopic (exact) mass is 259 g/mol. The predicted octanol–water partition coefficient (Wildman–Crippen LogP) is 2.79. The van der Waals surface area contributed by atoms with Crippen LogP contribution in [-0.2, 0) is 13.3 Å². The predicted molar refractivity (Wildman–Crippen MR) is 75.2 cm³/mol. The van der Waals surface area contributed by atoms with Crippen LogP contribution in [0.4, 0.5) is 5.69 Å². The van der Waals surface area contributed by atoms with Gasteiger partial charge in [0.15, 0.2) is 0 Å². The van der Waals surface area contributed by atoms with Gasteiger partial charge in [-0.2, -0.15) is 0 Å². The first-order valence-corrected chi connectivity index (χ1v) is 6.64. The molecule has 1 rings (SSSR count). The fourth-order valence-electron chi connectivity index (χ4n) is 1.23. The normalized spacial score (nSPS) is 10.1. The highest BCUT2D eigenvalue weighted by atomic mass is 28.4. The third-order valence-corrected chi connectivity index (χ3v) is 4.69. The number of hydrogen-bond acceptors (Lipinski definition) is 4. The van der Waals surface area contributed by atoms with Gasteiger partial charge in [-0.1, -0.05) is 33.1 Å². The van der Waals surface area contributed by atoms with Gasteiger partial charge in [-0.3, -0.25) is 0 Å². The maximum atomic E-state index is 5.29. The maximum absolute atomic E-state index is 5.29. The van der Waals surface area contributed by atoms with E-state index in [9.17, 15) is 0 Å². The summed E-state index contributed by atoms with van der Waals surface area (Å²) in [6, 6.07) is 9.88. The lowest BCUT2D eigenvalue weighted by atomic mass is 10.3. The second-order valence-electron chi connectivity index (χ2n) is 3.01. The first kappa shape index (κ1) is 18.5. The highest BCUT2D eigenvalue weighted by molar-refractivity contribution is 6.61. The molecule has 0 aliphatic rings. The zero-order chi connectivity index (χ0) is 11.1. The Morgan fingerprint density at radius 3 is 1.82 bits per heavy atom. The summed E-state index contributed by atoms with van der Waals surface area (Å²) in [5.41, 5.74) is 1.03. The SMILES string of the molecule is C.C.CO[Si](CNc1ccccc1)(OC)OC. The molecule has 0 bridgehead atoms. The molecule has 4 nitrogen and oxygen atoms in total. The molecule has 0 atom stereocenters. The highest BCUT2D eigenvalue weighted by Gasteiger charge is 2.37. The van der Waals surface area contributed by atoms with Crippen LogP contribution in [0.5, 0.6) is 0 Å². The van der Waals surface area contributed by atoms with E-state index in [0.717, 1.165) is 5.69 Å². The van der Waals surface area contributed by atoms with Crippen LogP contribution in [-0.4, -0.2) is 36.3 Å². The second kappa shape index (κ2) is 9.18. The zero-order valence-corrected chi connectivity index (χ0v) is 10.3. The fourth-order valence-corrected chi connectivity index (χ4v) is 2.59. The average Bonchev–Trinajstić information content (AvgIpc) is 2.33. The van der Waals surface area contributed by atoms with Crippen molar-refractivity contribution in [2.24, 2.45) is 0 Å². The molecule has 1 aromatic rings. The molecule has 0 saturated heterocycles. The lowest BCUT2D eigenvalue weighted by Crippen LogP contribution is -2.49. The van der Waals surface area contributed by atoms with Crippen molar-refractivity contribution in [3.8, 4) is 0 Å². The lowest BCUT2D eigenvalue weighted by Gasteiger charge is -2.24. The molecule has 0 saturated carbocycles. The van der Waals surface area contributed by atoms with Gasteiger partial charge in [0, 0.05) is 27.0 Å². The number of benzene rings is 1. The van der Waals surface area contributed by atoms with E-state index in [4.69, 9.17) is 13.3 Å². The summed E-state index contributed by atoms with van der Waals surface area (Å²) >= 11 is 0. The van der Waals surface area contributed by atoms with Crippen LogP contribution < -0.4 is 5.32 Å². The van der Waals surface area contributed by atoms with Gasteiger partial charge < -0.3 is 18.6 Å². The number of anilines is 1. The minimum absolute atomic E-state index is 0. The largest absolute Gasteiger partial charge is 0.520 e. The lowest BCUT2D eigenvalue weighted by molar-refractivity contribution is 0.127. The molecule has 0 fully saturated rings. The van der Waals surface area contributed by atoms with Crippen molar-refractivity contribution >= 4 is 14.5 Å². The third-order valence-electron chi connectivity index (χ3n) is 2.22. The summed E-state index contributed by atoms with van der Waals surface area (Å²) in [4.78, 5) is 0. The van der Waals surface area contributed by atoms with Crippen LogP contribution in [0.2, 0.25) is 0 Å². The molecule has 0 heterocycles. The van der Waals surface area contributed by atoms with Gasteiger partial charge in [0.25, 0.3) is 0 Å². The standard InChI is InChI=1S/C10H17NO3Si.2CH4/c1-12-15(13-2,14-3)9-11-10-7-5-4-6-8-10;;/h4-8,11H,9H2,1-3H3;2*1H4. The summed E-state index contributed by atoms with van der Waals surface area (Å²) in [6.45, 7) is 0. The Hall–Kier alpha value is -0.883. The highest BCUT2D eigenvalue weighted by Crippen LogP contribution is 2.10. The Labute approximate surface area is 106 Å². The molecule has 0 amide bonds. The van der Waals surface area contributed by atoms with Gasteiger partial charge in [-0.15, -0.1) is 0 Å². The average molecular weight is 259 g/mol. The molecule has 17 heavy (non-hydrogen) atoms. The summed E-state index contributed by atoms with van der Waals surface area (Å²) in [6.07, 6.45) is 0.556. The maximum Gasteiger partial charge on any atom is 0.520 e. The molecule has 0 aliphatic heterocycles. The van der Waals surface area contributed by atoms with Crippen molar-refractivity contribution in [3.05, 3.63) is 30.3 Å². The second-order valence-corrected chi connectivity index (χ2v) is 5.96. The van der Waals surface area contributed by atoms with Crippen molar-refractivity contribution in [2.45, 2.75) is 14.9 Å². The van der Waals surface area contributed by atoms with Crippen molar-refractivity contribution in [3.63, 3.8) is 0 Å². The molecule has 0 radical (unpaired) electrons. The van der Waals surface area contributed by atoms with E-state index in [1.165, 1.54) is 0 Å². The van der Waals surface area contributed by atoms with Crippen LogP contribution >= 0.6 is 0 Å². The zero-order valence-electron chi connectivity index (χ0n) is 9.32. The summed E-state index contributed by atoms with van der Waals surface area (Å²) in [5, 5.41) is 3.23. The van der Waals surface area contributed by atoms with E-state index in [-0.39, 0.29) is 14.9 Å². The van der Waals surface area contributed by atoms with Crippen LogP contribution in [0.3, 0.4) is 0 Å². The van der Waals surface area contributed by atoms with E-state index in [2.05, 4.69) is 5.32 Å². The molecule has 0 unspecified atom stereocenters. The Morgan fingerprint density at radius 2 is 1.41 bits per heavy atom. The minimum Gasteiger partial charge on any atom is -0.381 e. The number of rotatable bonds is 6. The van der Waals surface area contributed by atoms with Gasteiger partial charge in [0.1, 0.15) is 0 Å². The summed E-state index contributed by atoms with van der Waals surface area (Å²) in [7, 11) is 2.30. The van der Waals surface area contributed by atoms with E-state index in [1.54, 1.807) is 21.3 Å². The molecule has 1 N–H and O–H groups in total. The number of para-hydroxylation sites is 1. The molecular formula is C12H25NO3Si. The van der Waals surface area contributed by atoms with Gasteiger partial charge >= 0.3 is 8.80 Å². The first-order chi connectivity index (χ1) is 7.26. The number of hydrogen-bond donors (Lipinski definition) is 1. The van der Waals surface area contributed by atoms with E-state index in [1.807, 2.05) is 30.3 Å². The van der Waals surface area contributed by atoms with Crippen LogP contribution in [0.15, 0.2) is 30.3 Å². The van der Waals surface area contributed by atoms with E-state index in [0.29, 0.717) is 6.17 Å². The molecule has 5 heteroatoms. The molecule has 0 aromatic heterocycles. The number of nitrogens with one attached hydrogen (secondary N) is 1. The molecule has 1 aromatic carbocycles. The first-order valence-electron chi connectivity index (χ1n) is 4.70. The van der Waals surface area contributed by atoms with E-state index >= 15 is 0 Å². The van der Waals surface area contributed by atoms with Gasteiger partial charge in [-0.25, -0.2) is 0 Å².